The molecule has 140 valence electrons. The number of carbonyl (C=O) groups excluding carboxylic acids is 1. The highest BCUT2D eigenvalue weighted by atomic mass is 16.5. The molecule has 1 amide bonds. The molecule has 4 N–H and O–H groups in total. The third kappa shape index (κ3) is 5.87. The highest BCUT2D eigenvalue weighted by Crippen LogP contribution is 2.29. The van der Waals surface area contributed by atoms with Crippen LogP contribution in [0.25, 0.3) is 11.1 Å². The smallest absolute Gasteiger partial charge is 0.221 e. The van der Waals surface area contributed by atoms with Crippen molar-refractivity contribution in [3.8, 4) is 16.9 Å². The monoisotopic (exact) mass is 363 g/mol. The number of rotatable bonds is 6. The van der Waals surface area contributed by atoms with Crippen LogP contribution >= 0.6 is 0 Å². The molecule has 27 heavy (non-hydrogen) atoms. The van der Waals surface area contributed by atoms with Gasteiger partial charge in [0.05, 0.1) is 5.69 Å². The summed E-state index contributed by atoms with van der Waals surface area (Å²) >= 11 is 0. The zero-order chi connectivity index (χ0) is 19.5. The highest BCUT2D eigenvalue weighted by Gasteiger charge is 2.06. The summed E-state index contributed by atoms with van der Waals surface area (Å²) in [4.78, 5) is 8.94. The van der Waals surface area contributed by atoms with E-state index >= 15 is 0 Å². The van der Waals surface area contributed by atoms with Gasteiger partial charge in [-0.1, -0.05) is 60.7 Å². The fourth-order valence-electron chi connectivity index (χ4n) is 2.67. The van der Waals surface area contributed by atoms with Crippen LogP contribution in [0, 0.1) is 6.92 Å². The summed E-state index contributed by atoms with van der Waals surface area (Å²) < 4.78 is 6.07. The van der Waals surface area contributed by atoms with E-state index in [4.69, 9.17) is 9.53 Å². The van der Waals surface area contributed by atoms with Crippen molar-refractivity contribution in [2.24, 2.45) is 5.84 Å². The van der Waals surface area contributed by atoms with E-state index in [1.165, 1.54) is 11.1 Å². The molecule has 3 aromatic carbocycles. The quantitative estimate of drug-likeness (QED) is 0.269. The number of anilines is 1. The molecule has 3 aromatic rings. The third-order valence-electron chi connectivity index (χ3n) is 3.97. The van der Waals surface area contributed by atoms with E-state index in [-0.39, 0.29) is 0 Å². The molecule has 0 unspecified atom stereocenters. The minimum absolute atomic E-state index is 0.403. The van der Waals surface area contributed by atoms with Crippen LogP contribution in [0.15, 0.2) is 72.8 Å². The van der Waals surface area contributed by atoms with Gasteiger partial charge in [-0.3, -0.25) is 10.2 Å². The van der Waals surface area contributed by atoms with Crippen LogP contribution in [-0.2, 0) is 11.4 Å². The van der Waals surface area contributed by atoms with E-state index in [0.29, 0.717) is 13.0 Å². The summed E-state index contributed by atoms with van der Waals surface area (Å²) in [6.45, 7) is 2.62. The molecular formula is C22H25N3O2. The number of carbonyl (C=O) groups is 1. The summed E-state index contributed by atoms with van der Waals surface area (Å²) in [6, 6.07) is 25.0. The van der Waals surface area contributed by atoms with Gasteiger partial charge in [0.2, 0.25) is 6.41 Å². The van der Waals surface area contributed by atoms with Crippen LogP contribution in [0.4, 0.5) is 5.69 Å². The van der Waals surface area contributed by atoms with Gasteiger partial charge in [0.15, 0.2) is 0 Å². The van der Waals surface area contributed by atoms with Crippen molar-refractivity contribution in [2.75, 3.05) is 12.4 Å². The van der Waals surface area contributed by atoms with E-state index in [1.54, 1.807) is 5.43 Å². The van der Waals surface area contributed by atoms with Gasteiger partial charge in [0.25, 0.3) is 0 Å². The number of amides is 1. The zero-order valence-corrected chi connectivity index (χ0v) is 15.6. The number of para-hydroxylation sites is 1. The van der Waals surface area contributed by atoms with Gasteiger partial charge in [-0.2, -0.15) is 0 Å². The molecule has 5 heteroatoms. The Morgan fingerprint density at radius 2 is 1.63 bits per heavy atom. The summed E-state index contributed by atoms with van der Waals surface area (Å²) in [5, 5.41) is 3.18. The molecule has 3 rings (SSSR count). The average molecular weight is 363 g/mol. The largest absolute Gasteiger partial charge is 0.486 e. The maximum Gasteiger partial charge on any atom is 0.221 e. The molecule has 0 heterocycles. The molecule has 0 bridgehead atoms. The SMILES string of the molecule is CNc1cccc(C)c1OCc1cccc(-c2ccccc2)c1.NNC=O. The van der Waals surface area contributed by atoms with Crippen molar-refractivity contribution in [2.45, 2.75) is 13.5 Å². The molecule has 5 nitrogen and oxygen atoms in total. The average Bonchev–Trinajstić information content (AvgIpc) is 2.73. The first-order chi connectivity index (χ1) is 13.2. The van der Waals surface area contributed by atoms with Crippen LogP contribution in [0.1, 0.15) is 11.1 Å². The molecule has 0 aliphatic heterocycles. The Balaban J connectivity index is 0.000000596. The van der Waals surface area contributed by atoms with Crippen LogP contribution in [0.5, 0.6) is 5.75 Å². The molecule has 0 radical (unpaired) electrons. The summed E-state index contributed by atoms with van der Waals surface area (Å²) in [5.74, 6) is 5.33. The van der Waals surface area contributed by atoms with E-state index < -0.39 is 0 Å². The lowest BCUT2D eigenvalue weighted by Gasteiger charge is -2.14. The Labute approximate surface area is 160 Å². The summed E-state index contributed by atoms with van der Waals surface area (Å²) in [5.41, 5.74) is 7.50. The molecule has 0 spiro atoms. The van der Waals surface area contributed by atoms with Crippen LogP contribution in [-0.4, -0.2) is 13.5 Å². The zero-order valence-electron chi connectivity index (χ0n) is 15.6. The summed E-state index contributed by atoms with van der Waals surface area (Å²) in [6.07, 6.45) is 0.403. The lowest BCUT2D eigenvalue weighted by atomic mass is 10.0. The van der Waals surface area contributed by atoms with Crippen molar-refractivity contribution < 1.29 is 9.53 Å². The minimum Gasteiger partial charge on any atom is -0.486 e. The predicted octanol–water partition coefficient (Wildman–Crippen LogP) is 3.89. The molecule has 0 saturated carbocycles. The number of nitrogens with two attached hydrogens (primary N) is 1. The van der Waals surface area contributed by atoms with Crippen molar-refractivity contribution in [1.82, 2.24) is 5.43 Å². The molecule has 0 aliphatic rings. The number of aryl methyl sites for hydroxylation is 1. The van der Waals surface area contributed by atoms with Crippen molar-refractivity contribution >= 4 is 12.1 Å². The maximum atomic E-state index is 8.94. The number of ether oxygens (including phenoxy) is 1. The van der Waals surface area contributed by atoms with Crippen LogP contribution in [0.3, 0.4) is 0 Å². The van der Waals surface area contributed by atoms with E-state index in [0.717, 1.165) is 22.6 Å². The number of nitrogens with one attached hydrogen (secondary N) is 2. The Morgan fingerprint density at radius 3 is 2.30 bits per heavy atom. The van der Waals surface area contributed by atoms with Crippen molar-refractivity contribution in [1.29, 1.82) is 0 Å². The standard InChI is InChI=1S/C21H21NO.CH4N2O/c1-16-8-6-13-20(22-2)21(16)23-15-17-9-7-12-19(14-17)18-10-4-3-5-11-18;2-3-1-4/h3-14,22H,15H2,1-2H3;1H,2H2,(H,3,4). The predicted molar refractivity (Wildman–Crippen MR) is 110 cm³/mol. The Bertz CT molecular complexity index is 851. The molecule has 0 aliphatic carbocycles. The molecular weight excluding hydrogens is 338 g/mol. The molecule has 0 saturated heterocycles. The Morgan fingerprint density at radius 1 is 0.963 bits per heavy atom. The first kappa shape index (κ1) is 20.0. The fraction of sp³-hybridized carbons (Fsp3) is 0.136. The summed E-state index contributed by atoms with van der Waals surface area (Å²) in [7, 11) is 1.91. The van der Waals surface area contributed by atoms with E-state index in [2.05, 4.69) is 72.7 Å². The van der Waals surface area contributed by atoms with Crippen molar-refractivity contribution in [3.63, 3.8) is 0 Å². The second kappa shape index (κ2) is 10.6. The Kier molecular flexibility index (Phi) is 7.88. The lowest BCUT2D eigenvalue weighted by Crippen LogP contribution is -2.18. The van der Waals surface area contributed by atoms with E-state index in [1.807, 2.05) is 25.2 Å². The highest BCUT2D eigenvalue weighted by molar-refractivity contribution is 5.64. The Hall–Kier alpha value is -3.31. The second-order valence-electron chi connectivity index (χ2n) is 5.84. The maximum absolute atomic E-state index is 8.94. The number of benzene rings is 3. The number of hydrogen-bond donors (Lipinski definition) is 3. The topological polar surface area (TPSA) is 76.4 Å². The minimum atomic E-state index is 0.403. The molecule has 0 atom stereocenters. The van der Waals surface area contributed by atoms with Crippen LogP contribution < -0.4 is 21.3 Å². The lowest BCUT2D eigenvalue weighted by molar-refractivity contribution is -0.109. The molecule has 0 fully saturated rings. The number of hydrogen-bond acceptors (Lipinski definition) is 4. The first-order valence-electron chi connectivity index (χ1n) is 8.64. The normalized spacial score (nSPS) is 9.59. The van der Waals surface area contributed by atoms with Gasteiger partial charge >= 0.3 is 0 Å². The number of hydrazine groups is 1. The van der Waals surface area contributed by atoms with Gasteiger partial charge in [-0.15, -0.1) is 0 Å². The molecule has 0 aromatic heterocycles. The van der Waals surface area contributed by atoms with Gasteiger partial charge in [-0.05, 0) is 41.3 Å². The second-order valence-corrected chi connectivity index (χ2v) is 5.84. The van der Waals surface area contributed by atoms with Gasteiger partial charge in [0, 0.05) is 7.05 Å². The third-order valence-corrected chi connectivity index (χ3v) is 3.97. The van der Waals surface area contributed by atoms with Crippen LogP contribution in [0.2, 0.25) is 0 Å². The van der Waals surface area contributed by atoms with Gasteiger partial charge in [-0.25, -0.2) is 5.84 Å². The van der Waals surface area contributed by atoms with Crippen molar-refractivity contribution in [3.05, 3.63) is 83.9 Å². The fourth-order valence-corrected chi connectivity index (χ4v) is 2.67. The van der Waals surface area contributed by atoms with Gasteiger partial charge < -0.3 is 10.1 Å². The van der Waals surface area contributed by atoms with E-state index in [9.17, 15) is 0 Å². The first-order valence-corrected chi connectivity index (χ1v) is 8.64. The van der Waals surface area contributed by atoms with Gasteiger partial charge in [0.1, 0.15) is 12.4 Å².